The third-order valence-electron chi connectivity index (χ3n) is 6.97. The van der Waals surface area contributed by atoms with Crippen molar-refractivity contribution in [2.24, 2.45) is 0 Å². The van der Waals surface area contributed by atoms with Gasteiger partial charge in [0.25, 0.3) is 0 Å². The average Bonchev–Trinajstić information content (AvgIpc) is 3.70. The van der Waals surface area contributed by atoms with Gasteiger partial charge in [0.05, 0.1) is 0 Å². The molecule has 0 saturated carbocycles. The summed E-state index contributed by atoms with van der Waals surface area (Å²) in [5, 5.41) is 4.82. The van der Waals surface area contributed by atoms with Gasteiger partial charge in [0.2, 0.25) is 0 Å². The quantitative estimate of drug-likeness (QED) is 0.268. The molecule has 0 unspecified atom stereocenters. The van der Waals surface area contributed by atoms with E-state index < -0.39 is 13.2 Å². The van der Waals surface area contributed by atoms with Gasteiger partial charge in [-0.2, -0.15) is 0 Å². The van der Waals surface area contributed by atoms with Gasteiger partial charge in [-0.25, -0.2) is 0 Å². The molecule has 0 bridgehead atoms. The summed E-state index contributed by atoms with van der Waals surface area (Å²) in [6.45, 7) is 0. The molecule has 0 aromatic heterocycles. The summed E-state index contributed by atoms with van der Waals surface area (Å²) in [6.07, 6.45) is 17.4. The van der Waals surface area contributed by atoms with Gasteiger partial charge in [0, 0.05) is 17.6 Å². The predicted molar refractivity (Wildman–Crippen MR) is 173 cm³/mol. The zero-order valence-corrected chi connectivity index (χ0v) is 23.9. The highest BCUT2D eigenvalue weighted by atomic mass is 32.4. The van der Waals surface area contributed by atoms with Crippen LogP contribution in [0.15, 0.2) is 91.0 Å². The maximum Gasteiger partial charge on any atom is 0.132 e. The average molecular weight is 538 g/mol. The monoisotopic (exact) mass is 538 g/mol. The first-order chi connectivity index (χ1) is 17.1. The molecule has 0 nitrogen and oxygen atoms in total. The molecule has 3 fully saturated rings. The van der Waals surface area contributed by atoms with Crippen molar-refractivity contribution >= 4 is 56.4 Å². The number of benzene rings is 3. The van der Waals surface area contributed by atoms with E-state index in [0.717, 1.165) is 0 Å². The summed E-state index contributed by atoms with van der Waals surface area (Å²) in [5.41, 5.74) is 0. The van der Waals surface area contributed by atoms with Gasteiger partial charge in [-0.05, 0) is 92.0 Å². The summed E-state index contributed by atoms with van der Waals surface area (Å²) in [5.74, 6) is 0. The lowest BCUT2D eigenvalue weighted by Crippen LogP contribution is -2.12. The smallest absolute Gasteiger partial charge is 0.125 e. The van der Waals surface area contributed by atoms with Crippen LogP contribution in [0.25, 0.3) is 0 Å². The number of hydrogen-bond donors (Lipinski definition) is 0. The molecular weight excluding hydrogens is 496 g/mol. The maximum atomic E-state index is 5.74. The molecule has 3 saturated heterocycles. The molecule has 3 aliphatic rings. The molecule has 0 aliphatic carbocycles. The Labute approximate surface area is 222 Å². The third-order valence-corrected chi connectivity index (χ3v) is 17.5. The Morgan fingerprint density at radius 2 is 1.11 bits per heavy atom. The molecule has 3 heterocycles. The van der Waals surface area contributed by atoms with Crippen molar-refractivity contribution in [2.75, 3.05) is 37.0 Å². The second-order valence-electron chi connectivity index (χ2n) is 9.44. The van der Waals surface area contributed by atoms with Crippen molar-refractivity contribution in [1.82, 2.24) is 0 Å². The number of hydrogen-bond acceptors (Lipinski definition) is 1. The molecule has 0 radical (unpaired) electrons. The highest BCUT2D eigenvalue weighted by Gasteiger charge is 2.30. The van der Waals surface area contributed by atoms with Crippen molar-refractivity contribution in [3.05, 3.63) is 91.0 Å². The first-order valence-electron chi connectivity index (χ1n) is 13.0. The van der Waals surface area contributed by atoms with Crippen LogP contribution in [0.3, 0.4) is 0 Å². The fourth-order valence-corrected chi connectivity index (χ4v) is 14.2. The van der Waals surface area contributed by atoms with Gasteiger partial charge in [0.15, 0.2) is 0 Å². The zero-order valence-electron chi connectivity index (χ0n) is 20.4. The van der Waals surface area contributed by atoms with Crippen LogP contribution in [0, 0.1) is 0 Å². The lowest BCUT2D eigenvalue weighted by Gasteiger charge is -2.23. The molecule has 0 amide bonds. The van der Waals surface area contributed by atoms with E-state index in [0.29, 0.717) is 7.57 Å². The van der Waals surface area contributed by atoms with Crippen LogP contribution in [-0.2, 0) is 11.8 Å². The summed E-state index contributed by atoms with van der Waals surface area (Å²) >= 11 is 5.74. The van der Waals surface area contributed by atoms with Crippen molar-refractivity contribution in [1.29, 1.82) is 0 Å². The summed E-state index contributed by atoms with van der Waals surface area (Å²) in [7, 11) is 0.406. The van der Waals surface area contributed by atoms with Gasteiger partial charge in [-0.1, -0.05) is 98.6 Å². The largest absolute Gasteiger partial charge is 0.132 e. The molecule has 0 N–H and O–H groups in total. The van der Waals surface area contributed by atoms with Crippen LogP contribution in [0.5, 0.6) is 0 Å². The standard InChI is InChI=1S/C10H16BP.C10H13PS.C10H13P/c11-12(8-4-5-9-12)10-6-2-1-3-7-10;12-11(8-4-5-9-11)10-6-2-1-3-7-10;1-2-6-10(7-3-1)11-8-4-5-9-11/h1-3,6-7H,4-5,8-9H2,11H3;1-3,6-7H,4-5,8-9H2;1-3,6-7H,4-5,8-9H2. The van der Waals surface area contributed by atoms with Gasteiger partial charge in [-0.15, -0.1) is 7.14 Å². The normalized spacial score (nSPS) is 20.4. The number of rotatable bonds is 3. The van der Waals surface area contributed by atoms with E-state index in [-0.39, 0.29) is 7.92 Å². The molecule has 0 atom stereocenters. The van der Waals surface area contributed by atoms with E-state index in [1.54, 1.807) is 22.9 Å². The first-order valence-corrected chi connectivity index (χ1v) is 19.6. The van der Waals surface area contributed by atoms with Gasteiger partial charge in [0.1, 0.15) is 7.57 Å². The van der Waals surface area contributed by atoms with Crippen LogP contribution in [0.1, 0.15) is 38.5 Å². The minimum absolute atomic E-state index is 0.260. The molecule has 6 rings (SSSR count). The Hall–Kier alpha value is -0.765. The van der Waals surface area contributed by atoms with E-state index in [2.05, 4.69) is 91.0 Å². The van der Waals surface area contributed by atoms with Crippen molar-refractivity contribution in [3.8, 4) is 0 Å². The molecule has 3 aliphatic heterocycles. The molecule has 186 valence electrons. The van der Waals surface area contributed by atoms with Gasteiger partial charge >= 0.3 is 0 Å². The Kier molecular flexibility index (Phi) is 10.7. The second kappa shape index (κ2) is 13.7. The zero-order chi connectivity index (χ0) is 24.4. The lowest BCUT2D eigenvalue weighted by molar-refractivity contribution is 0.949. The maximum absolute atomic E-state index is 5.74. The van der Waals surface area contributed by atoms with Crippen molar-refractivity contribution in [3.63, 3.8) is 0 Å². The van der Waals surface area contributed by atoms with Crippen LogP contribution < -0.4 is 15.9 Å². The molecule has 35 heavy (non-hydrogen) atoms. The topological polar surface area (TPSA) is 0 Å². The fourth-order valence-electron chi connectivity index (χ4n) is 5.03. The fraction of sp³-hybridized carbons (Fsp3) is 0.400. The summed E-state index contributed by atoms with van der Waals surface area (Å²) in [4.78, 5) is 0. The van der Waals surface area contributed by atoms with E-state index in [1.807, 2.05) is 0 Å². The lowest BCUT2D eigenvalue weighted by atomic mass is 10.4. The first kappa shape index (κ1) is 27.3. The van der Waals surface area contributed by atoms with E-state index in [9.17, 15) is 0 Å². The highest BCUT2D eigenvalue weighted by Crippen LogP contribution is 2.58. The summed E-state index contributed by atoms with van der Waals surface area (Å²) in [6, 6.07) is 32.0. The molecular formula is C30H42BP3S. The van der Waals surface area contributed by atoms with Crippen molar-refractivity contribution in [2.45, 2.75) is 38.5 Å². The Balaban J connectivity index is 0.000000124. The second-order valence-corrected chi connectivity index (χ2v) is 19.7. The Morgan fingerprint density at radius 1 is 0.629 bits per heavy atom. The van der Waals surface area contributed by atoms with E-state index in [4.69, 9.17) is 11.8 Å². The van der Waals surface area contributed by atoms with Gasteiger partial charge in [-0.3, -0.25) is 0 Å². The Morgan fingerprint density at radius 3 is 1.66 bits per heavy atom. The van der Waals surface area contributed by atoms with Crippen LogP contribution in [0.2, 0.25) is 0 Å². The molecule has 5 heteroatoms. The van der Waals surface area contributed by atoms with Gasteiger partial charge < -0.3 is 0 Å². The predicted octanol–water partition coefficient (Wildman–Crippen LogP) is 6.58. The summed E-state index contributed by atoms with van der Waals surface area (Å²) < 4.78 is 0. The van der Waals surface area contributed by atoms with Crippen LogP contribution >= 0.6 is 21.1 Å². The van der Waals surface area contributed by atoms with Crippen molar-refractivity contribution < 1.29 is 0 Å². The van der Waals surface area contributed by atoms with Crippen LogP contribution in [0.4, 0.5) is 0 Å². The van der Waals surface area contributed by atoms with E-state index >= 15 is 0 Å². The molecule has 0 spiro atoms. The third kappa shape index (κ3) is 7.86. The van der Waals surface area contributed by atoms with E-state index in [1.165, 1.54) is 68.5 Å². The minimum atomic E-state index is -1.09. The molecule has 3 aromatic carbocycles. The SMILES string of the molecule is S=P1(c2ccccc2)CCCC1.[BH3-][P+]1(c2ccccc2)CCCC1.c1ccc(P2CCCC2)cc1. The Bertz CT molecular complexity index is 1040. The molecule has 3 aromatic rings. The van der Waals surface area contributed by atoms with Crippen LogP contribution in [-0.4, -0.2) is 44.5 Å². The highest BCUT2D eigenvalue weighted by molar-refractivity contribution is 8.18. The minimum Gasteiger partial charge on any atom is -0.125 e.